The van der Waals surface area contributed by atoms with Crippen molar-refractivity contribution in [2.75, 3.05) is 0 Å². The topological polar surface area (TPSA) is 82.6 Å². The van der Waals surface area contributed by atoms with Crippen LogP contribution in [0, 0.1) is 5.92 Å². The van der Waals surface area contributed by atoms with Crippen molar-refractivity contribution in [1.29, 1.82) is 0 Å². The van der Waals surface area contributed by atoms with Gasteiger partial charge in [0.2, 0.25) is 0 Å². The lowest BCUT2D eigenvalue weighted by Crippen LogP contribution is -2.67. The molecule has 0 aromatic heterocycles. The van der Waals surface area contributed by atoms with Gasteiger partial charge in [-0.05, 0) is 51.9 Å². The highest BCUT2D eigenvalue weighted by atomic mass is 32.1. The molecule has 6 nitrogen and oxygen atoms in total. The standard InChI is InChI=1S/C19H27N3O3S/c1-17(2,3)25-15(23)14-13(12-8-6-5-7-9-12)10-18(4,24)11-19(14)20-16(26)21-22-19/h5-9,13-14,22,24H,10-11H2,1-4H3,(H2,20,21,26). The second-order valence-corrected chi connectivity index (χ2v) is 8.99. The average Bonchev–Trinajstić information content (AvgIpc) is 2.85. The molecule has 4 N–H and O–H groups in total. The first-order valence-electron chi connectivity index (χ1n) is 8.87. The predicted octanol–water partition coefficient (Wildman–Crippen LogP) is 1.95. The predicted molar refractivity (Wildman–Crippen MR) is 103 cm³/mol. The van der Waals surface area contributed by atoms with E-state index in [1.54, 1.807) is 6.92 Å². The van der Waals surface area contributed by atoms with Gasteiger partial charge in [-0.1, -0.05) is 30.3 Å². The molecule has 1 aromatic carbocycles. The Hall–Kier alpha value is -1.70. The van der Waals surface area contributed by atoms with Crippen LogP contribution < -0.4 is 16.2 Å². The van der Waals surface area contributed by atoms with Gasteiger partial charge in [0.05, 0.1) is 5.60 Å². The minimum absolute atomic E-state index is 0.225. The molecule has 0 radical (unpaired) electrons. The monoisotopic (exact) mass is 377 g/mol. The van der Waals surface area contributed by atoms with Crippen molar-refractivity contribution in [2.45, 2.75) is 63.3 Å². The summed E-state index contributed by atoms with van der Waals surface area (Å²) in [5, 5.41) is 14.5. The van der Waals surface area contributed by atoms with Gasteiger partial charge >= 0.3 is 5.97 Å². The number of hydrogen-bond acceptors (Lipinski definition) is 5. The maximum Gasteiger partial charge on any atom is 0.313 e. The van der Waals surface area contributed by atoms with Gasteiger partial charge in [0.25, 0.3) is 0 Å². The maximum absolute atomic E-state index is 13.2. The zero-order chi connectivity index (χ0) is 19.2. The van der Waals surface area contributed by atoms with Crippen LogP contribution >= 0.6 is 12.2 Å². The summed E-state index contributed by atoms with van der Waals surface area (Å²) in [7, 11) is 0. The highest BCUT2D eigenvalue weighted by molar-refractivity contribution is 7.80. The summed E-state index contributed by atoms with van der Waals surface area (Å²) in [5.74, 6) is -1.09. The van der Waals surface area contributed by atoms with E-state index in [-0.39, 0.29) is 11.9 Å². The number of aliphatic hydroxyl groups is 1. The lowest BCUT2D eigenvalue weighted by molar-refractivity contribution is -0.170. The number of ether oxygens (including phenoxy) is 1. The second-order valence-electron chi connectivity index (χ2n) is 8.58. The summed E-state index contributed by atoms with van der Waals surface area (Å²) in [4.78, 5) is 13.2. The number of carbonyl (C=O) groups excluding carboxylic acids is 1. The van der Waals surface area contributed by atoms with Gasteiger partial charge in [-0.15, -0.1) is 0 Å². The zero-order valence-electron chi connectivity index (χ0n) is 15.6. The molecule has 1 spiro atoms. The van der Waals surface area contributed by atoms with Crippen molar-refractivity contribution >= 4 is 23.3 Å². The van der Waals surface area contributed by atoms with Gasteiger partial charge in [-0.2, -0.15) is 0 Å². The normalized spacial score (nSPS) is 34.3. The molecule has 1 aromatic rings. The number of benzene rings is 1. The molecule has 0 bridgehead atoms. The lowest BCUT2D eigenvalue weighted by Gasteiger charge is -2.49. The first-order valence-corrected chi connectivity index (χ1v) is 9.28. The Morgan fingerprint density at radius 3 is 2.50 bits per heavy atom. The molecular formula is C19H27N3O3S. The number of hydrazine groups is 1. The van der Waals surface area contributed by atoms with Crippen molar-refractivity contribution in [2.24, 2.45) is 5.92 Å². The van der Waals surface area contributed by atoms with E-state index in [1.165, 1.54) is 0 Å². The first-order chi connectivity index (χ1) is 12.0. The van der Waals surface area contributed by atoms with Crippen LogP contribution in [0.4, 0.5) is 0 Å². The van der Waals surface area contributed by atoms with Crippen LogP contribution in [0.2, 0.25) is 0 Å². The Morgan fingerprint density at radius 1 is 1.31 bits per heavy atom. The quantitative estimate of drug-likeness (QED) is 0.463. The molecule has 7 heteroatoms. The molecule has 142 valence electrons. The van der Waals surface area contributed by atoms with Crippen LogP contribution in [0.3, 0.4) is 0 Å². The molecule has 1 saturated heterocycles. The number of carbonyl (C=O) groups is 1. The maximum atomic E-state index is 13.2. The molecule has 0 amide bonds. The van der Waals surface area contributed by atoms with Gasteiger partial charge in [-0.25, -0.2) is 5.43 Å². The van der Waals surface area contributed by atoms with E-state index in [0.717, 1.165) is 5.56 Å². The number of rotatable bonds is 2. The summed E-state index contributed by atoms with van der Waals surface area (Å²) < 4.78 is 5.75. The van der Waals surface area contributed by atoms with E-state index in [4.69, 9.17) is 17.0 Å². The summed E-state index contributed by atoms with van der Waals surface area (Å²) in [5.41, 5.74) is 4.52. The van der Waals surface area contributed by atoms with Crippen molar-refractivity contribution in [3.8, 4) is 0 Å². The van der Waals surface area contributed by atoms with Gasteiger partial charge in [-0.3, -0.25) is 10.2 Å². The van der Waals surface area contributed by atoms with Crippen molar-refractivity contribution in [3.63, 3.8) is 0 Å². The average molecular weight is 378 g/mol. The summed E-state index contributed by atoms with van der Waals surface area (Å²) in [6.07, 6.45) is 0.777. The molecule has 1 saturated carbocycles. The van der Waals surface area contributed by atoms with E-state index in [2.05, 4.69) is 16.2 Å². The van der Waals surface area contributed by atoms with Crippen LogP contribution in [0.25, 0.3) is 0 Å². The number of esters is 1. The third kappa shape index (κ3) is 3.84. The molecular weight excluding hydrogens is 350 g/mol. The van der Waals surface area contributed by atoms with Crippen molar-refractivity contribution in [1.82, 2.24) is 16.2 Å². The van der Waals surface area contributed by atoms with E-state index >= 15 is 0 Å². The van der Waals surface area contributed by atoms with Crippen LogP contribution in [0.1, 0.15) is 52.0 Å². The molecule has 2 fully saturated rings. The highest BCUT2D eigenvalue weighted by Crippen LogP contribution is 2.48. The Kier molecular flexibility index (Phi) is 4.75. The third-order valence-corrected chi connectivity index (χ3v) is 5.08. The fourth-order valence-electron chi connectivity index (χ4n) is 4.14. The highest BCUT2D eigenvalue weighted by Gasteiger charge is 2.59. The van der Waals surface area contributed by atoms with E-state index in [1.807, 2.05) is 51.1 Å². The van der Waals surface area contributed by atoms with Crippen LogP contribution in [0.5, 0.6) is 0 Å². The number of thiocarbonyl (C=S) groups is 1. The van der Waals surface area contributed by atoms with Crippen LogP contribution in [0.15, 0.2) is 30.3 Å². The largest absolute Gasteiger partial charge is 0.460 e. The molecule has 4 unspecified atom stereocenters. The van der Waals surface area contributed by atoms with Gasteiger partial charge < -0.3 is 15.2 Å². The molecule has 4 atom stereocenters. The lowest BCUT2D eigenvalue weighted by atomic mass is 9.64. The molecule has 1 heterocycles. The van der Waals surface area contributed by atoms with E-state index in [0.29, 0.717) is 18.0 Å². The number of nitrogens with one attached hydrogen (secondary N) is 3. The van der Waals surface area contributed by atoms with E-state index in [9.17, 15) is 9.90 Å². The van der Waals surface area contributed by atoms with Crippen LogP contribution in [-0.4, -0.2) is 33.1 Å². The summed E-state index contributed by atoms with van der Waals surface area (Å²) in [6, 6.07) is 9.78. The summed E-state index contributed by atoms with van der Waals surface area (Å²) in [6.45, 7) is 7.35. The molecule has 1 aliphatic heterocycles. The third-order valence-electron chi connectivity index (χ3n) is 4.88. The second kappa shape index (κ2) is 6.48. The Bertz CT molecular complexity index is 702. The molecule has 1 aliphatic carbocycles. The van der Waals surface area contributed by atoms with E-state index < -0.39 is 22.8 Å². The molecule has 26 heavy (non-hydrogen) atoms. The first kappa shape index (κ1) is 19.1. The van der Waals surface area contributed by atoms with Crippen molar-refractivity contribution < 1.29 is 14.6 Å². The fourth-order valence-corrected chi connectivity index (χ4v) is 4.37. The Morgan fingerprint density at radius 2 is 1.96 bits per heavy atom. The van der Waals surface area contributed by atoms with Gasteiger partial charge in [0.1, 0.15) is 17.2 Å². The molecule has 2 aliphatic rings. The summed E-state index contributed by atoms with van der Waals surface area (Å²) >= 11 is 5.23. The van der Waals surface area contributed by atoms with Crippen molar-refractivity contribution in [3.05, 3.63) is 35.9 Å². The van der Waals surface area contributed by atoms with Crippen LogP contribution in [-0.2, 0) is 9.53 Å². The smallest absolute Gasteiger partial charge is 0.313 e. The SMILES string of the molecule is CC1(O)CC(c2ccccc2)C(C(=O)OC(C)(C)C)C2(C1)NNC(=S)N2. The minimum atomic E-state index is -0.972. The fraction of sp³-hybridized carbons (Fsp3) is 0.579. The Labute approximate surface area is 159 Å². The minimum Gasteiger partial charge on any atom is -0.460 e. The Balaban J connectivity index is 2.07. The van der Waals surface area contributed by atoms with Gasteiger partial charge in [0.15, 0.2) is 5.11 Å². The zero-order valence-corrected chi connectivity index (χ0v) is 16.4. The number of hydrogen-bond donors (Lipinski definition) is 4. The molecule has 3 rings (SSSR count). The van der Waals surface area contributed by atoms with Gasteiger partial charge in [0, 0.05) is 12.3 Å².